The summed E-state index contributed by atoms with van der Waals surface area (Å²) in [6.07, 6.45) is 5.72. The highest BCUT2D eigenvalue weighted by Crippen LogP contribution is 2.41. The number of halogens is 1. The molecular weight excluding hydrogens is 426 g/mol. The van der Waals surface area contributed by atoms with Gasteiger partial charge in [0, 0.05) is 35.0 Å². The zero-order valence-corrected chi connectivity index (χ0v) is 18.2. The van der Waals surface area contributed by atoms with E-state index in [-0.39, 0.29) is 12.1 Å². The summed E-state index contributed by atoms with van der Waals surface area (Å²) in [4.78, 5) is 11.3. The SMILES string of the molecule is S=C1N[C@H](c2ccccn2)[C@H](c2cccn2Cc2ccccn2)N1c1ccc(Cl)cc1. The standard InChI is InChI=1S/C24H20ClN5S/c25-17-9-11-19(12-10-17)30-23(22(28-24(30)31)20-7-2-4-14-27-20)21-8-5-15-29(21)16-18-6-1-3-13-26-18/h1-15,22-23H,16H2,(H,28,31)/t22-,23+/m1/s1. The Morgan fingerprint density at radius 1 is 0.903 bits per heavy atom. The first kappa shape index (κ1) is 19.7. The molecule has 1 fully saturated rings. The second-order valence-corrected chi connectivity index (χ2v) is 8.18. The minimum absolute atomic E-state index is 0.0812. The topological polar surface area (TPSA) is 46.0 Å². The number of nitrogens with one attached hydrogen (secondary N) is 1. The van der Waals surface area contributed by atoms with Crippen molar-refractivity contribution in [3.8, 4) is 0 Å². The summed E-state index contributed by atoms with van der Waals surface area (Å²) in [5, 5.41) is 4.85. The van der Waals surface area contributed by atoms with Gasteiger partial charge in [0.15, 0.2) is 5.11 Å². The molecule has 0 bridgehead atoms. The summed E-state index contributed by atoms with van der Waals surface area (Å²) in [7, 11) is 0. The van der Waals surface area contributed by atoms with Crippen LogP contribution in [0.5, 0.6) is 0 Å². The molecule has 154 valence electrons. The number of hydrogen-bond acceptors (Lipinski definition) is 3. The van der Waals surface area contributed by atoms with Crippen LogP contribution in [0.4, 0.5) is 5.69 Å². The fourth-order valence-electron chi connectivity index (χ4n) is 4.04. The summed E-state index contributed by atoms with van der Waals surface area (Å²) in [5.74, 6) is 0. The lowest BCUT2D eigenvalue weighted by Gasteiger charge is -2.29. The first-order valence-corrected chi connectivity index (χ1v) is 10.8. The second-order valence-electron chi connectivity index (χ2n) is 7.36. The minimum Gasteiger partial charge on any atom is -0.351 e. The van der Waals surface area contributed by atoms with Crippen LogP contribution in [0.25, 0.3) is 0 Å². The van der Waals surface area contributed by atoms with E-state index in [1.807, 2.05) is 73.1 Å². The van der Waals surface area contributed by atoms with Gasteiger partial charge in [0.25, 0.3) is 0 Å². The molecule has 0 saturated carbocycles. The van der Waals surface area contributed by atoms with Gasteiger partial charge in [0.2, 0.25) is 0 Å². The van der Waals surface area contributed by atoms with E-state index in [2.05, 4.69) is 43.1 Å². The third kappa shape index (κ3) is 3.92. The molecule has 0 unspecified atom stereocenters. The highest BCUT2D eigenvalue weighted by Gasteiger charge is 2.42. The van der Waals surface area contributed by atoms with E-state index in [0.717, 1.165) is 22.8 Å². The van der Waals surface area contributed by atoms with E-state index in [1.54, 1.807) is 0 Å². The third-order valence-electron chi connectivity index (χ3n) is 5.43. The molecule has 4 aromatic rings. The number of hydrogen-bond donors (Lipinski definition) is 1. The molecule has 1 aliphatic rings. The first-order valence-electron chi connectivity index (χ1n) is 10.0. The highest BCUT2D eigenvalue weighted by molar-refractivity contribution is 7.80. The number of thiocarbonyl (C=S) groups is 1. The zero-order valence-electron chi connectivity index (χ0n) is 16.6. The van der Waals surface area contributed by atoms with Gasteiger partial charge in [-0.2, -0.15) is 0 Å². The lowest BCUT2D eigenvalue weighted by Crippen LogP contribution is -2.30. The van der Waals surface area contributed by atoms with Crippen molar-refractivity contribution in [2.75, 3.05) is 4.90 Å². The number of pyridine rings is 2. The molecule has 4 heterocycles. The molecule has 0 radical (unpaired) electrons. The Morgan fingerprint density at radius 3 is 2.39 bits per heavy atom. The Kier molecular flexibility index (Phi) is 5.40. The number of rotatable bonds is 5. The molecule has 31 heavy (non-hydrogen) atoms. The Balaban J connectivity index is 1.60. The second kappa shape index (κ2) is 8.49. The predicted molar refractivity (Wildman–Crippen MR) is 127 cm³/mol. The molecule has 5 rings (SSSR count). The molecule has 2 atom stereocenters. The summed E-state index contributed by atoms with van der Waals surface area (Å²) in [5.41, 5.74) is 4.05. The summed E-state index contributed by atoms with van der Waals surface area (Å²) >= 11 is 11.9. The van der Waals surface area contributed by atoms with Gasteiger partial charge >= 0.3 is 0 Å². The van der Waals surface area contributed by atoms with Gasteiger partial charge in [-0.1, -0.05) is 23.7 Å². The monoisotopic (exact) mass is 445 g/mol. The number of anilines is 1. The van der Waals surface area contributed by atoms with Crippen molar-refractivity contribution in [2.45, 2.75) is 18.6 Å². The van der Waals surface area contributed by atoms with Gasteiger partial charge in [-0.15, -0.1) is 0 Å². The average molecular weight is 446 g/mol. The Labute approximate surface area is 191 Å². The van der Waals surface area contributed by atoms with Crippen LogP contribution in [0.2, 0.25) is 5.02 Å². The molecule has 1 N–H and O–H groups in total. The number of benzene rings is 1. The molecule has 1 aliphatic heterocycles. The van der Waals surface area contributed by atoms with Gasteiger partial charge < -0.3 is 14.8 Å². The molecule has 1 saturated heterocycles. The lowest BCUT2D eigenvalue weighted by atomic mass is 10.0. The Hall–Kier alpha value is -3.22. The van der Waals surface area contributed by atoms with Crippen LogP contribution in [0, 0.1) is 0 Å². The van der Waals surface area contributed by atoms with Gasteiger partial charge in [-0.3, -0.25) is 9.97 Å². The molecule has 7 heteroatoms. The quantitative estimate of drug-likeness (QED) is 0.430. The zero-order chi connectivity index (χ0) is 21.2. The fourth-order valence-corrected chi connectivity index (χ4v) is 4.51. The van der Waals surface area contributed by atoms with Crippen molar-refractivity contribution < 1.29 is 0 Å². The predicted octanol–water partition coefficient (Wildman–Crippen LogP) is 5.16. The fraction of sp³-hybridized carbons (Fsp3) is 0.125. The lowest BCUT2D eigenvalue weighted by molar-refractivity contribution is 0.532. The van der Waals surface area contributed by atoms with E-state index in [1.165, 1.54) is 0 Å². The summed E-state index contributed by atoms with van der Waals surface area (Å²) in [6.45, 7) is 0.676. The third-order valence-corrected chi connectivity index (χ3v) is 6.00. The molecule has 1 aromatic carbocycles. The minimum atomic E-state index is -0.0956. The van der Waals surface area contributed by atoms with Crippen LogP contribution < -0.4 is 10.2 Å². The molecule has 5 nitrogen and oxygen atoms in total. The molecule has 3 aromatic heterocycles. The Bertz CT molecular complexity index is 1180. The average Bonchev–Trinajstić information content (AvgIpc) is 3.39. The van der Waals surface area contributed by atoms with Crippen molar-refractivity contribution in [3.63, 3.8) is 0 Å². The van der Waals surface area contributed by atoms with E-state index in [4.69, 9.17) is 23.8 Å². The molecule has 0 aliphatic carbocycles. The van der Waals surface area contributed by atoms with Crippen LogP contribution in [-0.4, -0.2) is 19.6 Å². The maximum atomic E-state index is 6.14. The van der Waals surface area contributed by atoms with Crippen LogP contribution in [0.15, 0.2) is 91.4 Å². The summed E-state index contributed by atoms with van der Waals surface area (Å²) in [6, 6.07) is 23.7. The van der Waals surface area contributed by atoms with Gasteiger partial charge in [-0.05, 0) is 72.9 Å². The van der Waals surface area contributed by atoms with Crippen molar-refractivity contribution >= 4 is 34.6 Å². The largest absolute Gasteiger partial charge is 0.351 e. The number of aromatic nitrogens is 3. The van der Waals surface area contributed by atoms with Crippen LogP contribution in [-0.2, 0) is 6.54 Å². The first-order chi connectivity index (χ1) is 15.2. The van der Waals surface area contributed by atoms with E-state index in [9.17, 15) is 0 Å². The van der Waals surface area contributed by atoms with E-state index in [0.29, 0.717) is 16.7 Å². The normalized spacial score (nSPS) is 18.2. The van der Waals surface area contributed by atoms with Gasteiger partial charge in [-0.25, -0.2) is 0 Å². The molecule has 0 amide bonds. The van der Waals surface area contributed by atoms with Crippen molar-refractivity contribution in [1.82, 2.24) is 19.9 Å². The smallest absolute Gasteiger partial charge is 0.174 e. The molecular formula is C24H20ClN5S. The van der Waals surface area contributed by atoms with Gasteiger partial charge in [0.1, 0.15) is 6.04 Å². The van der Waals surface area contributed by atoms with Crippen molar-refractivity contribution in [2.24, 2.45) is 0 Å². The van der Waals surface area contributed by atoms with Gasteiger partial charge in [0.05, 0.1) is 24.0 Å². The van der Waals surface area contributed by atoms with E-state index < -0.39 is 0 Å². The van der Waals surface area contributed by atoms with Crippen molar-refractivity contribution in [3.05, 3.63) is 113 Å². The molecule has 0 spiro atoms. The number of nitrogens with zero attached hydrogens (tertiary/aromatic N) is 4. The summed E-state index contributed by atoms with van der Waals surface area (Å²) < 4.78 is 2.22. The Morgan fingerprint density at radius 2 is 1.68 bits per heavy atom. The maximum absolute atomic E-state index is 6.14. The van der Waals surface area contributed by atoms with Crippen molar-refractivity contribution in [1.29, 1.82) is 0 Å². The van der Waals surface area contributed by atoms with Crippen LogP contribution >= 0.6 is 23.8 Å². The maximum Gasteiger partial charge on any atom is 0.174 e. The van der Waals surface area contributed by atoms with E-state index >= 15 is 0 Å². The highest BCUT2D eigenvalue weighted by atomic mass is 35.5. The van der Waals surface area contributed by atoms with Crippen LogP contribution in [0.1, 0.15) is 29.2 Å². The van der Waals surface area contributed by atoms with Crippen LogP contribution in [0.3, 0.4) is 0 Å².